The Bertz CT molecular complexity index is 806. The number of halogens is 2. The summed E-state index contributed by atoms with van der Waals surface area (Å²) in [5, 5.41) is 4.23. The molecular formula is C17H18F2N4. The summed E-state index contributed by atoms with van der Waals surface area (Å²) in [5.74, 6) is 0.706. The monoisotopic (exact) mass is 316 g/mol. The molecule has 3 heterocycles. The van der Waals surface area contributed by atoms with Gasteiger partial charge in [-0.3, -0.25) is 4.98 Å². The first kappa shape index (κ1) is 15.4. The van der Waals surface area contributed by atoms with Crippen molar-refractivity contribution in [1.82, 2.24) is 14.5 Å². The predicted molar refractivity (Wildman–Crippen MR) is 87.3 cm³/mol. The molecule has 0 aliphatic rings. The zero-order chi connectivity index (χ0) is 16.4. The second kappa shape index (κ2) is 6.32. The van der Waals surface area contributed by atoms with Crippen molar-refractivity contribution in [2.75, 3.05) is 5.32 Å². The van der Waals surface area contributed by atoms with Crippen LogP contribution in [-0.4, -0.2) is 21.0 Å². The van der Waals surface area contributed by atoms with Crippen LogP contribution in [0.1, 0.15) is 17.7 Å². The van der Waals surface area contributed by atoms with Crippen LogP contribution >= 0.6 is 0 Å². The molecule has 1 N–H and O–H groups in total. The molecule has 0 aliphatic heterocycles. The van der Waals surface area contributed by atoms with Gasteiger partial charge in [-0.1, -0.05) is 0 Å². The van der Waals surface area contributed by atoms with Crippen LogP contribution in [0.15, 0.2) is 36.8 Å². The molecule has 3 rings (SSSR count). The summed E-state index contributed by atoms with van der Waals surface area (Å²) in [4.78, 5) is 8.68. The van der Waals surface area contributed by atoms with E-state index in [-0.39, 0.29) is 13.0 Å². The van der Waals surface area contributed by atoms with E-state index < -0.39 is 6.43 Å². The number of nitrogens with one attached hydrogen (secondary N) is 1. The minimum absolute atomic E-state index is 0.157. The van der Waals surface area contributed by atoms with Crippen LogP contribution in [0.5, 0.6) is 0 Å². The molecule has 0 spiro atoms. The van der Waals surface area contributed by atoms with Crippen molar-refractivity contribution >= 4 is 22.4 Å². The van der Waals surface area contributed by atoms with E-state index in [0.29, 0.717) is 5.82 Å². The number of nitrogens with zero attached hydrogens (tertiary/aromatic N) is 3. The third-order valence-corrected chi connectivity index (χ3v) is 3.88. The summed E-state index contributed by atoms with van der Waals surface area (Å²) in [7, 11) is 0. The highest BCUT2D eigenvalue weighted by atomic mass is 19.3. The topological polar surface area (TPSA) is 42.7 Å². The zero-order valence-electron chi connectivity index (χ0n) is 13.1. The van der Waals surface area contributed by atoms with Crippen molar-refractivity contribution < 1.29 is 8.78 Å². The Balaban J connectivity index is 1.96. The molecule has 3 aromatic heterocycles. The molecule has 0 amide bonds. The van der Waals surface area contributed by atoms with Crippen LogP contribution in [0.25, 0.3) is 10.9 Å². The van der Waals surface area contributed by atoms with Gasteiger partial charge in [0.15, 0.2) is 0 Å². The molecule has 6 heteroatoms. The van der Waals surface area contributed by atoms with Gasteiger partial charge in [-0.05, 0) is 37.6 Å². The molecule has 3 aromatic rings. The maximum atomic E-state index is 12.4. The van der Waals surface area contributed by atoms with Gasteiger partial charge in [0.25, 0.3) is 0 Å². The largest absolute Gasteiger partial charge is 0.347 e. The van der Waals surface area contributed by atoms with Gasteiger partial charge >= 0.3 is 0 Å². The molecule has 0 aliphatic carbocycles. The van der Waals surface area contributed by atoms with Gasteiger partial charge in [-0.15, -0.1) is 0 Å². The van der Waals surface area contributed by atoms with Crippen molar-refractivity contribution in [2.45, 2.75) is 33.2 Å². The summed E-state index contributed by atoms with van der Waals surface area (Å²) >= 11 is 0. The summed E-state index contributed by atoms with van der Waals surface area (Å²) in [6.45, 7) is 4.23. The second-order valence-corrected chi connectivity index (χ2v) is 5.49. The average molecular weight is 316 g/mol. The fourth-order valence-electron chi connectivity index (χ4n) is 2.66. The fraction of sp³-hybridized carbons (Fsp3) is 0.294. The van der Waals surface area contributed by atoms with Gasteiger partial charge in [0.1, 0.15) is 5.82 Å². The maximum absolute atomic E-state index is 12.4. The van der Waals surface area contributed by atoms with Crippen LogP contribution in [0.3, 0.4) is 0 Å². The molecule has 120 valence electrons. The lowest BCUT2D eigenvalue weighted by Gasteiger charge is -2.12. The molecule has 0 radical (unpaired) electrons. The number of aryl methyl sites for hydroxylation is 3. The summed E-state index contributed by atoms with van der Waals surface area (Å²) in [6.07, 6.45) is 2.82. The van der Waals surface area contributed by atoms with Crippen molar-refractivity contribution in [2.24, 2.45) is 0 Å². The lowest BCUT2D eigenvalue weighted by Crippen LogP contribution is -2.02. The number of hydrogen-bond acceptors (Lipinski definition) is 3. The van der Waals surface area contributed by atoms with E-state index in [1.54, 1.807) is 12.4 Å². The molecule has 0 saturated heterocycles. The molecule has 0 saturated carbocycles. The molecule has 0 fully saturated rings. The Labute approximate surface area is 133 Å². The smallest absolute Gasteiger partial charge is 0.240 e. The first-order valence-electron chi connectivity index (χ1n) is 7.47. The molecule has 0 aromatic carbocycles. The number of hydrogen-bond donors (Lipinski definition) is 1. The van der Waals surface area contributed by atoms with E-state index in [9.17, 15) is 8.78 Å². The third kappa shape index (κ3) is 3.16. The highest BCUT2D eigenvalue weighted by Crippen LogP contribution is 2.28. The Morgan fingerprint density at radius 1 is 1.13 bits per heavy atom. The summed E-state index contributed by atoms with van der Waals surface area (Å²) in [5.41, 5.74) is 3.78. The SMILES string of the molecule is Cc1ccnc(C)c1Nc1nccc2c1ccn2CCC(F)F. The van der Waals surface area contributed by atoms with E-state index in [1.165, 1.54) is 0 Å². The van der Waals surface area contributed by atoms with Crippen LogP contribution in [0, 0.1) is 13.8 Å². The highest BCUT2D eigenvalue weighted by molar-refractivity contribution is 5.92. The summed E-state index contributed by atoms with van der Waals surface area (Å²) in [6, 6.07) is 5.68. The van der Waals surface area contributed by atoms with Gasteiger partial charge in [0.2, 0.25) is 6.43 Å². The average Bonchev–Trinajstić information content (AvgIpc) is 2.93. The van der Waals surface area contributed by atoms with Gasteiger partial charge in [0.05, 0.1) is 16.9 Å². The van der Waals surface area contributed by atoms with Crippen molar-refractivity contribution in [3.8, 4) is 0 Å². The lowest BCUT2D eigenvalue weighted by atomic mass is 10.2. The highest BCUT2D eigenvalue weighted by Gasteiger charge is 2.11. The van der Waals surface area contributed by atoms with E-state index in [4.69, 9.17) is 0 Å². The first-order valence-corrected chi connectivity index (χ1v) is 7.47. The van der Waals surface area contributed by atoms with E-state index in [0.717, 1.165) is 27.8 Å². The standard InChI is InChI=1S/C17H18F2N4/c1-11-3-7-20-12(2)16(11)22-17-13-5-9-23(10-6-15(18)19)14(13)4-8-21-17/h3-5,7-9,15H,6,10H2,1-2H3,(H,21,22). The van der Waals surface area contributed by atoms with Crippen molar-refractivity contribution in [3.05, 3.63) is 48.0 Å². The molecule has 23 heavy (non-hydrogen) atoms. The number of fused-ring (bicyclic) bond motifs is 1. The van der Waals surface area contributed by atoms with Crippen LogP contribution in [0.2, 0.25) is 0 Å². The van der Waals surface area contributed by atoms with Gasteiger partial charge in [-0.25, -0.2) is 13.8 Å². The maximum Gasteiger partial charge on any atom is 0.240 e. The Morgan fingerprint density at radius 3 is 2.65 bits per heavy atom. The molecular weight excluding hydrogens is 298 g/mol. The second-order valence-electron chi connectivity index (χ2n) is 5.49. The van der Waals surface area contributed by atoms with Crippen LogP contribution in [-0.2, 0) is 6.54 Å². The zero-order valence-corrected chi connectivity index (χ0v) is 13.1. The summed E-state index contributed by atoms with van der Waals surface area (Å²) < 4.78 is 26.7. The van der Waals surface area contributed by atoms with Crippen LogP contribution in [0.4, 0.5) is 20.3 Å². The molecule has 0 atom stereocenters. The number of pyridine rings is 2. The number of aromatic nitrogens is 3. The minimum Gasteiger partial charge on any atom is -0.347 e. The molecule has 0 bridgehead atoms. The molecule has 4 nitrogen and oxygen atoms in total. The number of rotatable bonds is 5. The van der Waals surface area contributed by atoms with Crippen molar-refractivity contribution in [1.29, 1.82) is 0 Å². The third-order valence-electron chi connectivity index (χ3n) is 3.88. The fourth-order valence-corrected chi connectivity index (χ4v) is 2.66. The minimum atomic E-state index is -2.30. The first-order chi connectivity index (χ1) is 11.1. The lowest BCUT2D eigenvalue weighted by molar-refractivity contribution is 0.132. The number of anilines is 2. The van der Waals surface area contributed by atoms with E-state index in [1.807, 2.05) is 42.8 Å². The van der Waals surface area contributed by atoms with Gasteiger partial charge < -0.3 is 9.88 Å². The number of alkyl halides is 2. The predicted octanol–water partition coefficient (Wildman–Crippen LogP) is 4.45. The van der Waals surface area contributed by atoms with Gasteiger partial charge in [0, 0.05) is 36.9 Å². The Morgan fingerprint density at radius 2 is 1.91 bits per heavy atom. The van der Waals surface area contributed by atoms with E-state index in [2.05, 4.69) is 15.3 Å². The quantitative estimate of drug-likeness (QED) is 0.756. The Hall–Kier alpha value is -2.50. The van der Waals surface area contributed by atoms with Gasteiger partial charge in [-0.2, -0.15) is 0 Å². The van der Waals surface area contributed by atoms with E-state index >= 15 is 0 Å². The van der Waals surface area contributed by atoms with Crippen molar-refractivity contribution in [3.63, 3.8) is 0 Å². The normalized spacial score (nSPS) is 11.3. The van der Waals surface area contributed by atoms with Crippen LogP contribution < -0.4 is 5.32 Å². The molecule has 0 unspecified atom stereocenters. The Kier molecular flexibility index (Phi) is 4.23.